The molecule has 0 aromatic heterocycles. The number of hydrogen-bond donors (Lipinski definition) is 0. The van der Waals surface area contributed by atoms with Gasteiger partial charge in [0.15, 0.2) is 0 Å². The number of allylic oxidation sites excluding steroid dienone is 4. The molecule has 0 atom stereocenters. The minimum absolute atomic E-state index is 0. The van der Waals surface area contributed by atoms with E-state index in [1.165, 1.54) is 39.0 Å². The molecule has 0 aliphatic heterocycles. The maximum Gasteiger partial charge on any atom is 2.00 e. The fourth-order valence-corrected chi connectivity index (χ4v) is 3.47. The van der Waals surface area contributed by atoms with Gasteiger partial charge in [-0.25, -0.2) is 0 Å². The average molecular weight is 420 g/mol. The summed E-state index contributed by atoms with van der Waals surface area (Å²) in [6.45, 7) is 2.29. The van der Waals surface area contributed by atoms with Crippen LogP contribution in [-0.2, 0) is 39.0 Å². The second-order valence-corrected chi connectivity index (χ2v) is 5.84. The second kappa shape index (κ2) is 8.47. The number of hydrogen-bond acceptors (Lipinski definition) is 0. The summed E-state index contributed by atoms with van der Waals surface area (Å²) >= 11 is 0. The van der Waals surface area contributed by atoms with Crippen LogP contribution >= 0.6 is 0 Å². The summed E-state index contributed by atoms with van der Waals surface area (Å²) in [5, 5.41) is 0. The van der Waals surface area contributed by atoms with E-state index in [9.17, 15) is 0 Å². The monoisotopic (exact) mass is 418 g/mol. The van der Waals surface area contributed by atoms with Crippen LogP contribution in [0.5, 0.6) is 0 Å². The largest absolute Gasteiger partial charge is 2.00 e. The molecule has 2 aliphatic carbocycles. The van der Waals surface area contributed by atoms with Crippen molar-refractivity contribution in [3.63, 3.8) is 0 Å². The molecule has 116 valence electrons. The van der Waals surface area contributed by atoms with Crippen LogP contribution in [0.2, 0.25) is 0 Å². The van der Waals surface area contributed by atoms with Crippen molar-refractivity contribution >= 4 is 0 Å². The standard InChI is InChI=1S/C20H18.2ClH.Zr/c1-14-16(12-15-6-2-3-7-15)10-11-19-18-9-5-4-8-17(18)13-20(14)19;;;/h2-6,8-11H,7,12-13H2,1H3;2*1H;/q;;;+2/p-2. The quantitative estimate of drug-likeness (QED) is 0.499. The van der Waals surface area contributed by atoms with E-state index in [1.54, 1.807) is 0 Å². The molecule has 0 saturated carbocycles. The van der Waals surface area contributed by atoms with E-state index < -0.39 is 0 Å². The third-order valence-electron chi connectivity index (χ3n) is 4.65. The Bertz CT molecular complexity index is 760. The molecule has 0 radical (unpaired) electrons. The van der Waals surface area contributed by atoms with Crippen LogP contribution in [0.3, 0.4) is 0 Å². The maximum atomic E-state index is 2.33. The topological polar surface area (TPSA) is 0 Å². The summed E-state index contributed by atoms with van der Waals surface area (Å²) in [6.07, 6.45) is 10.0. The van der Waals surface area contributed by atoms with Crippen LogP contribution in [-0.4, -0.2) is 0 Å². The summed E-state index contributed by atoms with van der Waals surface area (Å²) in [5.41, 5.74) is 10.4. The predicted octanol–water partition coefficient (Wildman–Crippen LogP) is -0.999. The van der Waals surface area contributed by atoms with E-state index >= 15 is 0 Å². The van der Waals surface area contributed by atoms with Crippen molar-refractivity contribution in [1.82, 2.24) is 0 Å². The van der Waals surface area contributed by atoms with Gasteiger partial charge in [0.2, 0.25) is 0 Å². The Kier molecular flexibility index (Phi) is 7.52. The van der Waals surface area contributed by atoms with E-state index in [-0.39, 0.29) is 51.0 Å². The van der Waals surface area contributed by atoms with E-state index in [0.29, 0.717) is 0 Å². The van der Waals surface area contributed by atoms with Crippen molar-refractivity contribution < 1.29 is 51.0 Å². The molecule has 0 N–H and O–H groups in total. The second-order valence-electron chi connectivity index (χ2n) is 5.84. The van der Waals surface area contributed by atoms with Crippen molar-refractivity contribution in [1.29, 1.82) is 0 Å². The third-order valence-corrected chi connectivity index (χ3v) is 4.65. The minimum Gasteiger partial charge on any atom is -1.00 e. The Morgan fingerprint density at radius 3 is 2.48 bits per heavy atom. The van der Waals surface area contributed by atoms with Crippen LogP contribution in [0.15, 0.2) is 60.2 Å². The van der Waals surface area contributed by atoms with Crippen LogP contribution in [0.25, 0.3) is 11.1 Å². The Balaban J connectivity index is 0.000000882. The maximum absolute atomic E-state index is 2.33. The van der Waals surface area contributed by atoms with E-state index in [0.717, 1.165) is 19.3 Å². The molecule has 0 saturated heterocycles. The molecule has 2 aliphatic rings. The first-order valence-electron chi connectivity index (χ1n) is 7.37. The Morgan fingerprint density at radius 1 is 0.957 bits per heavy atom. The zero-order chi connectivity index (χ0) is 13.5. The molecule has 23 heavy (non-hydrogen) atoms. The number of fused-ring (bicyclic) bond motifs is 3. The van der Waals surface area contributed by atoms with E-state index in [2.05, 4.69) is 61.5 Å². The van der Waals surface area contributed by atoms with E-state index in [1.807, 2.05) is 0 Å². The minimum atomic E-state index is 0. The molecule has 0 spiro atoms. The van der Waals surface area contributed by atoms with Gasteiger partial charge < -0.3 is 24.8 Å². The normalized spacial score (nSPS) is 13.2. The number of halogens is 2. The van der Waals surface area contributed by atoms with Gasteiger partial charge in [0.1, 0.15) is 0 Å². The molecule has 0 amide bonds. The van der Waals surface area contributed by atoms with Gasteiger partial charge in [-0.1, -0.05) is 60.2 Å². The molecule has 2 aromatic rings. The van der Waals surface area contributed by atoms with Gasteiger partial charge in [0, 0.05) is 0 Å². The van der Waals surface area contributed by atoms with Gasteiger partial charge in [0.25, 0.3) is 0 Å². The van der Waals surface area contributed by atoms with Crippen LogP contribution in [0, 0.1) is 6.92 Å². The molecular formula is C20H18Cl2Zr. The van der Waals surface area contributed by atoms with Crippen molar-refractivity contribution in [3.8, 4) is 11.1 Å². The van der Waals surface area contributed by atoms with Crippen molar-refractivity contribution in [2.24, 2.45) is 0 Å². The number of benzene rings is 2. The summed E-state index contributed by atoms with van der Waals surface area (Å²) < 4.78 is 0. The molecule has 0 nitrogen and oxygen atoms in total. The van der Waals surface area contributed by atoms with E-state index in [4.69, 9.17) is 0 Å². The van der Waals surface area contributed by atoms with Crippen LogP contribution in [0.4, 0.5) is 0 Å². The van der Waals surface area contributed by atoms with Gasteiger partial charge in [-0.15, -0.1) is 0 Å². The van der Waals surface area contributed by atoms with Gasteiger partial charge in [-0.3, -0.25) is 0 Å². The van der Waals surface area contributed by atoms with Gasteiger partial charge in [-0.05, 0) is 59.6 Å². The zero-order valence-electron chi connectivity index (χ0n) is 13.1. The molecule has 4 rings (SSSR count). The third kappa shape index (κ3) is 3.73. The van der Waals surface area contributed by atoms with Crippen molar-refractivity contribution in [2.75, 3.05) is 0 Å². The van der Waals surface area contributed by atoms with Gasteiger partial charge >= 0.3 is 26.2 Å². The summed E-state index contributed by atoms with van der Waals surface area (Å²) in [6, 6.07) is 13.5. The SMILES string of the molecule is Cc1c(CC2=CC=CC2)ccc2c1Cc1ccccc1-2.[Cl-].[Cl-].[Zr+2]. The molecule has 0 fully saturated rings. The van der Waals surface area contributed by atoms with Crippen LogP contribution in [0.1, 0.15) is 28.7 Å². The first-order valence-corrected chi connectivity index (χ1v) is 7.37. The van der Waals surface area contributed by atoms with Gasteiger partial charge in [0.05, 0.1) is 0 Å². The number of rotatable bonds is 2. The van der Waals surface area contributed by atoms with Crippen LogP contribution < -0.4 is 24.8 Å². The van der Waals surface area contributed by atoms with Gasteiger partial charge in [-0.2, -0.15) is 0 Å². The zero-order valence-corrected chi connectivity index (χ0v) is 17.0. The van der Waals surface area contributed by atoms with Crippen molar-refractivity contribution in [3.05, 3.63) is 82.5 Å². The molecular weight excluding hydrogens is 402 g/mol. The summed E-state index contributed by atoms with van der Waals surface area (Å²) in [4.78, 5) is 0. The Morgan fingerprint density at radius 2 is 1.74 bits per heavy atom. The molecule has 0 unspecified atom stereocenters. The first kappa shape index (κ1) is 20.4. The fourth-order valence-electron chi connectivity index (χ4n) is 3.47. The Hall–Kier alpha value is -0.617. The molecule has 0 bridgehead atoms. The summed E-state index contributed by atoms with van der Waals surface area (Å²) in [5.74, 6) is 0. The molecule has 0 heterocycles. The smallest absolute Gasteiger partial charge is 1.00 e. The predicted molar refractivity (Wildman–Crippen MR) is 85.0 cm³/mol. The first-order chi connectivity index (χ1) is 9.83. The summed E-state index contributed by atoms with van der Waals surface area (Å²) in [7, 11) is 0. The van der Waals surface area contributed by atoms with Crippen molar-refractivity contribution in [2.45, 2.75) is 26.2 Å². The molecule has 2 aromatic carbocycles. The average Bonchev–Trinajstić information content (AvgIpc) is 3.09. The fraction of sp³-hybridized carbons (Fsp3) is 0.200. The Labute approximate surface area is 170 Å². The molecule has 3 heteroatoms.